The number of nitrogens with zero attached hydrogens (tertiary/aromatic N) is 4. The van der Waals surface area contributed by atoms with E-state index < -0.39 is 11.7 Å². The van der Waals surface area contributed by atoms with Crippen LogP contribution in [0, 0.1) is 0 Å². The smallest absolute Gasteiger partial charge is 0.296 e. The largest absolute Gasteiger partial charge is 0.456 e. The molecule has 3 N–H and O–H groups in total. The highest BCUT2D eigenvalue weighted by Gasteiger charge is 2.48. The second-order valence-electron chi connectivity index (χ2n) is 11.3. The zero-order valence-electron chi connectivity index (χ0n) is 22.8. The monoisotopic (exact) mass is 553 g/mol. The highest BCUT2D eigenvalue weighted by atomic mass is 16.6. The van der Waals surface area contributed by atoms with Gasteiger partial charge < -0.3 is 29.4 Å². The molecule has 210 valence electrons. The molecular formula is C31H31N5O5. The molecular weight excluding hydrogens is 522 g/mol. The number of pyridine rings is 1. The fourth-order valence-corrected chi connectivity index (χ4v) is 5.51. The quantitative estimate of drug-likeness (QED) is 0.279. The Labute approximate surface area is 236 Å². The first kappa shape index (κ1) is 25.8. The summed E-state index contributed by atoms with van der Waals surface area (Å²) in [5.41, 5.74) is 6.49. The van der Waals surface area contributed by atoms with Gasteiger partial charge in [-0.05, 0) is 54.8 Å². The minimum atomic E-state index is -0.771. The van der Waals surface area contributed by atoms with Crippen LogP contribution in [0.25, 0.3) is 39.2 Å². The van der Waals surface area contributed by atoms with E-state index in [2.05, 4.69) is 51.5 Å². The summed E-state index contributed by atoms with van der Waals surface area (Å²) in [5, 5.41) is 24.5. The van der Waals surface area contributed by atoms with E-state index in [1.54, 1.807) is 20.0 Å². The predicted octanol–water partition coefficient (Wildman–Crippen LogP) is 3.70. The van der Waals surface area contributed by atoms with E-state index in [-0.39, 0.29) is 24.9 Å². The SMILES string of the molecule is CC(C)(O)Cc1cnn(-c2ccc(-c3ccc(-c4ccc5[nH]c(OC6COC7C(O)COC67)nc5n4)cc3)cc2)c1. The number of aromatic amines is 1. The third-order valence-corrected chi connectivity index (χ3v) is 7.49. The summed E-state index contributed by atoms with van der Waals surface area (Å²) >= 11 is 0. The van der Waals surface area contributed by atoms with Gasteiger partial charge in [-0.25, -0.2) is 9.67 Å². The van der Waals surface area contributed by atoms with Crippen molar-refractivity contribution in [3.05, 3.63) is 78.6 Å². The summed E-state index contributed by atoms with van der Waals surface area (Å²) in [4.78, 5) is 12.4. The number of imidazole rings is 1. The number of aromatic nitrogens is 5. The van der Waals surface area contributed by atoms with Crippen molar-refractivity contribution in [1.29, 1.82) is 0 Å². The van der Waals surface area contributed by atoms with E-state index in [1.165, 1.54) is 0 Å². The van der Waals surface area contributed by atoms with E-state index in [0.717, 1.165) is 39.2 Å². The van der Waals surface area contributed by atoms with Crippen LogP contribution in [-0.4, -0.2) is 78.2 Å². The van der Waals surface area contributed by atoms with Crippen LogP contribution in [0.5, 0.6) is 6.01 Å². The summed E-state index contributed by atoms with van der Waals surface area (Å²) in [5.74, 6) is 0. The molecule has 10 nitrogen and oxygen atoms in total. The number of hydrogen-bond donors (Lipinski definition) is 3. The average Bonchev–Trinajstić information content (AvgIpc) is 3.74. The standard InChI is InChI=1S/C31H31N5O5/c1-31(2,38)13-18-14-32-36(15-18)22-9-7-20(8-10-22)19-3-5-21(6-4-19)23-11-12-24-29(33-23)35-30(34-24)41-26-17-40-27-25(37)16-39-28(26)27/h3-12,14-15,25-28,37-38H,13,16-17H2,1-2H3,(H,33,34,35). The van der Waals surface area contributed by atoms with Crippen molar-refractivity contribution < 1.29 is 24.4 Å². The van der Waals surface area contributed by atoms with Crippen LogP contribution in [0.3, 0.4) is 0 Å². The maximum atomic E-state index is 10.1. The van der Waals surface area contributed by atoms with Gasteiger partial charge in [0.15, 0.2) is 11.8 Å². The number of rotatable bonds is 7. The molecule has 0 saturated carbocycles. The first-order valence-electron chi connectivity index (χ1n) is 13.7. The van der Waals surface area contributed by atoms with Gasteiger partial charge in [-0.3, -0.25) is 0 Å². The normalized spacial score (nSPS) is 22.3. The molecule has 2 aliphatic heterocycles. The molecule has 5 heterocycles. The Balaban J connectivity index is 1.04. The minimum Gasteiger partial charge on any atom is -0.456 e. The van der Waals surface area contributed by atoms with Gasteiger partial charge in [-0.2, -0.15) is 10.1 Å². The maximum absolute atomic E-state index is 10.1. The fourth-order valence-electron chi connectivity index (χ4n) is 5.51. The number of benzene rings is 2. The lowest BCUT2D eigenvalue weighted by molar-refractivity contribution is 0.00706. The fraction of sp³-hybridized carbons (Fsp3) is 0.323. The van der Waals surface area contributed by atoms with Gasteiger partial charge in [0, 0.05) is 18.2 Å². The van der Waals surface area contributed by atoms with Crippen molar-refractivity contribution in [2.75, 3.05) is 13.2 Å². The maximum Gasteiger partial charge on any atom is 0.296 e. The number of fused-ring (bicyclic) bond motifs is 2. The molecule has 2 saturated heterocycles. The lowest BCUT2D eigenvalue weighted by Crippen LogP contribution is -2.34. The molecule has 0 aliphatic carbocycles. The van der Waals surface area contributed by atoms with Crippen LogP contribution >= 0.6 is 0 Å². The predicted molar refractivity (Wildman–Crippen MR) is 152 cm³/mol. The third-order valence-electron chi connectivity index (χ3n) is 7.49. The lowest BCUT2D eigenvalue weighted by atomic mass is 10.0. The van der Waals surface area contributed by atoms with Crippen molar-refractivity contribution in [2.24, 2.45) is 0 Å². The Hall–Kier alpha value is -4.09. The molecule has 10 heteroatoms. The second kappa shape index (κ2) is 10.1. The van der Waals surface area contributed by atoms with Crippen LogP contribution in [0.15, 0.2) is 73.1 Å². The first-order valence-corrected chi connectivity index (χ1v) is 13.7. The molecule has 0 spiro atoms. The summed E-state index contributed by atoms with van der Waals surface area (Å²) in [6, 6.07) is 20.7. The van der Waals surface area contributed by atoms with Gasteiger partial charge in [0.1, 0.15) is 18.3 Å². The third kappa shape index (κ3) is 5.22. The molecule has 3 aromatic heterocycles. The molecule has 2 fully saturated rings. The summed E-state index contributed by atoms with van der Waals surface area (Å²) in [6.45, 7) is 4.18. The number of aliphatic hydroxyl groups is 2. The molecule has 4 unspecified atom stereocenters. The van der Waals surface area contributed by atoms with E-state index in [1.807, 2.05) is 35.1 Å². The molecule has 2 aromatic carbocycles. The average molecular weight is 554 g/mol. The Bertz CT molecular complexity index is 1670. The Kier molecular flexibility index (Phi) is 6.35. The minimum absolute atomic E-state index is 0.251. The number of nitrogens with one attached hydrogen (secondary N) is 1. The zero-order valence-corrected chi connectivity index (χ0v) is 22.8. The van der Waals surface area contributed by atoms with E-state index in [4.69, 9.17) is 19.2 Å². The zero-order chi connectivity index (χ0) is 28.1. The van der Waals surface area contributed by atoms with E-state index in [9.17, 15) is 10.2 Å². The van der Waals surface area contributed by atoms with Gasteiger partial charge >= 0.3 is 0 Å². The van der Waals surface area contributed by atoms with Gasteiger partial charge in [0.05, 0.1) is 41.9 Å². The van der Waals surface area contributed by atoms with Gasteiger partial charge in [0.25, 0.3) is 6.01 Å². The number of H-pyrrole nitrogens is 1. The van der Waals surface area contributed by atoms with Crippen LogP contribution in [0.1, 0.15) is 19.4 Å². The Morgan fingerprint density at radius 1 is 0.927 bits per heavy atom. The summed E-state index contributed by atoms with van der Waals surface area (Å²) < 4.78 is 19.1. The van der Waals surface area contributed by atoms with Crippen molar-refractivity contribution in [1.82, 2.24) is 24.7 Å². The number of aliphatic hydroxyl groups excluding tert-OH is 1. The van der Waals surface area contributed by atoms with Crippen molar-refractivity contribution in [2.45, 2.75) is 50.3 Å². The van der Waals surface area contributed by atoms with Crippen molar-refractivity contribution in [3.63, 3.8) is 0 Å². The highest BCUT2D eigenvalue weighted by molar-refractivity contribution is 5.77. The van der Waals surface area contributed by atoms with Crippen LogP contribution in [0.4, 0.5) is 0 Å². The lowest BCUT2D eigenvalue weighted by Gasteiger charge is -2.15. The number of hydrogen-bond acceptors (Lipinski definition) is 8. The molecule has 7 rings (SSSR count). The van der Waals surface area contributed by atoms with Crippen molar-refractivity contribution >= 4 is 11.2 Å². The number of ether oxygens (including phenoxy) is 3. The first-order chi connectivity index (χ1) is 19.8. The molecule has 41 heavy (non-hydrogen) atoms. The topological polar surface area (TPSA) is 128 Å². The van der Waals surface area contributed by atoms with E-state index >= 15 is 0 Å². The van der Waals surface area contributed by atoms with Gasteiger partial charge in [-0.15, -0.1) is 0 Å². The summed E-state index contributed by atoms with van der Waals surface area (Å²) in [6.07, 6.45) is 2.67. The molecule has 2 aliphatic rings. The van der Waals surface area contributed by atoms with Gasteiger partial charge in [-0.1, -0.05) is 36.4 Å². The molecule has 0 radical (unpaired) electrons. The molecule has 5 aromatic rings. The van der Waals surface area contributed by atoms with E-state index in [0.29, 0.717) is 24.7 Å². The summed E-state index contributed by atoms with van der Waals surface area (Å²) in [7, 11) is 0. The highest BCUT2D eigenvalue weighted by Crippen LogP contribution is 2.30. The Morgan fingerprint density at radius 3 is 2.39 bits per heavy atom. The Morgan fingerprint density at radius 2 is 1.63 bits per heavy atom. The van der Waals surface area contributed by atoms with Crippen molar-refractivity contribution in [3.8, 4) is 34.1 Å². The molecule has 4 atom stereocenters. The van der Waals surface area contributed by atoms with Crippen LogP contribution in [0.2, 0.25) is 0 Å². The van der Waals surface area contributed by atoms with Gasteiger partial charge in [0.2, 0.25) is 0 Å². The molecule has 0 bridgehead atoms. The second-order valence-corrected chi connectivity index (χ2v) is 11.3. The molecule has 0 amide bonds. The van der Waals surface area contributed by atoms with Crippen LogP contribution < -0.4 is 4.74 Å². The van der Waals surface area contributed by atoms with Crippen LogP contribution in [-0.2, 0) is 15.9 Å².